The summed E-state index contributed by atoms with van der Waals surface area (Å²) in [5, 5.41) is 15.3. The van der Waals surface area contributed by atoms with E-state index in [0.29, 0.717) is 33.9 Å². The van der Waals surface area contributed by atoms with Gasteiger partial charge in [0.25, 0.3) is 0 Å². The molecule has 0 bridgehead atoms. The molecule has 1 unspecified atom stereocenters. The van der Waals surface area contributed by atoms with Gasteiger partial charge >= 0.3 is 6.09 Å². The van der Waals surface area contributed by atoms with Crippen LogP contribution >= 0.6 is 11.3 Å². The number of hydrogen-bond acceptors (Lipinski definition) is 9. The highest BCUT2D eigenvalue weighted by molar-refractivity contribution is 7.89. The predicted molar refractivity (Wildman–Crippen MR) is 173 cm³/mol. The molecule has 0 radical (unpaired) electrons. The number of anilines is 1. The van der Waals surface area contributed by atoms with Gasteiger partial charge in [0.1, 0.15) is 16.4 Å². The molecule has 0 fully saturated rings. The Kier molecular flexibility index (Phi) is 10.8. The van der Waals surface area contributed by atoms with Gasteiger partial charge in [-0.1, -0.05) is 12.1 Å². The molecule has 1 heterocycles. The van der Waals surface area contributed by atoms with E-state index in [-0.39, 0.29) is 30.2 Å². The fourth-order valence-electron chi connectivity index (χ4n) is 4.33. The molecule has 4 rings (SSSR count). The van der Waals surface area contributed by atoms with Crippen LogP contribution in [0.15, 0.2) is 71.6 Å². The highest BCUT2D eigenvalue weighted by Crippen LogP contribution is 2.32. The number of methoxy groups -OCH3 is 1. The fraction of sp³-hybridized carbons (Fsp3) is 0.312. The second-order valence-electron chi connectivity index (χ2n) is 11.2. The van der Waals surface area contributed by atoms with Gasteiger partial charge in [-0.2, -0.15) is 5.26 Å². The summed E-state index contributed by atoms with van der Waals surface area (Å²) >= 11 is 1.36. The molecule has 1 atom stereocenters. The van der Waals surface area contributed by atoms with E-state index in [0.717, 1.165) is 10.3 Å². The summed E-state index contributed by atoms with van der Waals surface area (Å²) in [6.07, 6.45) is 0.274. The number of aromatic nitrogens is 1. The summed E-state index contributed by atoms with van der Waals surface area (Å²) in [5.41, 5.74) is 1.79. The van der Waals surface area contributed by atoms with Gasteiger partial charge in [0.2, 0.25) is 15.9 Å². The number of ether oxygens (including phenoxy) is 2. The maximum absolute atomic E-state index is 13.6. The third kappa shape index (κ3) is 9.74. The first-order valence-corrected chi connectivity index (χ1v) is 16.5. The second kappa shape index (κ2) is 14.5. The van der Waals surface area contributed by atoms with Gasteiger partial charge in [-0.05, 0) is 93.8 Å². The summed E-state index contributed by atoms with van der Waals surface area (Å²) in [7, 11) is -2.44. The summed E-state index contributed by atoms with van der Waals surface area (Å²) in [5.74, 6) is 0.392. The van der Waals surface area contributed by atoms with Crippen LogP contribution in [-0.2, 0) is 26.0 Å². The Morgan fingerprint density at radius 3 is 2.51 bits per heavy atom. The number of carbonyl (C=O) groups excluding carboxylic acids is 2. The standard InChI is InChI=1S/C32H35N5O6S2/c1-32(2,3)43-31(39)34-16-6-9-29(38)35-23-10-13-25(14-11-23)45(40,41)37-27(18-21-7-5-8-22(17-21)20-33)30-36-26-15-12-24(42-4)19-28(26)44-30/h5,7-8,10-15,17,19,27,37H,6,9,16,18H2,1-4H3,(H,34,39)(H,35,38). The van der Waals surface area contributed by atoms with Crippen LogP contribution in [0.4, 0.5) is 10.5 Å². The van der Waals surface area contributed by atoms with Crippen molar-refractivity contribution in [2.24, 2.45) is 0 Å². The average molecular weight is 650 g/mol. The molecule has 45 heavy (non-hydrogen) atoms. The van der Waals surface area contributed by atoms with Crippen LogP contribution in [0.3, 0.4) is 0 Å². The summed E-state index contributed by atoms with van der Waals surface area (Å²) < 4.78 is 41.2. The number of nitriles is 1. The fourth-order valence-corrected chi connectivity index (χ4v) is 6.65. The van der Waals surface area contributed by atoms with Crippen LogP contribution in [0.2, 0.25) is 0 Å². The number of benzene rings is 3. The van der Waals surface area contributed by atoms with Crippen LogP contribution in [0.5, 0.6) is 5.75 Å². The number of hydrogen-bond donors (Lipinski definition) is 3. The van der Waals surface area contributed by atoms with Crippen molar-refractivity contribution < 1.29 is 27.5 Å². The van der Waals surface area contributed by atoms with Crippen LogP contribution in [0.1, 0.15) is 55.8 Å². The minimum atomic E-state index is -4.02. The van der Waals surface area contributed by atoms with Crippen LogP contribution < -0.4 is 20.1 Å². The van der Waals surface area contributed by atoms with Gasteiger partial charge in [-0.15, -0.1) is 11.3 Å². The number of carbonyl (C=O) groups is 2. The van der Waals surface area contributed by atoms with Crippen molar-refractivity contribution in [1.82, 2.24) is 15.0 Å². The van der Waals surface area contributed by atoms with Crippen molar-refractivity contribution in [1.29, 1.82) is 5.26 Å². The Labute approximate surface area is 266 Å². The van der Waals surface area contributed by atoms with E-state index in [1.165, 1.54) is 35.6 Å². The zero-order valence-electron chi connectivity index (χ0n) is 25.4. The third-order valence-electron chi connectivity index (χ3n) is 6.40. The Morgan fingerprint density at radius 1 is 1.07 bits per heavy atom. The highest BCUT2D eigenvalue weighted by Gasteiger charge is 2.25. The van der Waals surface area contributed by atoms with E-state index in [1.54, 1.807) is 52.1 Å². The molecular weight excluding hydrogens is 615 g/mol. The van der Waals surface area contributed by atoms with E-state index in [2.05, 4.69) is 21.4 Å². The lowest BCUT2D eigenvalue weighted by molar-refractivity contribution is -0.116. The van der Waals surface area contributed by atoms with Gasteiger partial charge in [0.15, 0.2) is 0 Å². The molecule has 1 aromatic heterocycles. The highest BCUT2D eigenvalue weighted by atomic mass is 32.2. The number of amides is 2. The van der Waals surface area contributed by atoms with E-state index < -0.39 is 27.8 Å². The second-order valence-corrected chi connectivity index (χ2v) is 14.0. The molecule has 11 nitrogen and oxygen atoms in total. The number of thiazole rings is 1. The Bertz CT molecular complexity index is 1810. The molecular formula is C32H35N5O6S2. The van der Waals surface area contributed by atoms with Crippen LogP contribution in [0, 0.1) is 11.3 Å². The molecule has 0 aliphatic rings. The van der Waals surface area contributed by atoms with Gasteiger partial charge in [-0.3, -0.25) is 4.79 Å². The van der Waals surface area contributed by atoms with Crippen molar-refractivity contribution in [2.75, 3.05) is 19.0 Å². The minimum Gasteiger partial charge on any atom is -0.497 e. The lowest BCUT2D eigenvalue weighted by Gasteiger charge is -2.19. The van der Waals surface area contributed by atoms with Crippen molar-refractivity contribution in [3.8, 4) is 11.8 Å². The molecule has 0 aliphatic heterocycles. The zero-order valence-corrected chi connectivity index (χ0v) is 27.1. The molecule has 3 N–H and O–H groups in total. The molecule has 2 amide bonds. The first kappa shape index (κ1) is 33.4. The Morgan fingerprint density at radius 2 is 1.82 bits per heavy atom. The lowest BCUT2D eigenvalue weighted by Crippen LogP contribution is -2.33. The predicted octanol–water partition coefficient (Wildman–Crippen LogP) is 5.68. The summed E-state index contributed by atoms with van der Waals surface area (Å²) in [4.78, 5) is 28.8. The molecule has 236 valence electrons. The maximum Gasteiger partial charge on any atom is 0.407 e. The normalized spacial score (nSPS) is 12.2. The van der Waals surface area contributed by atoms with Gasteiger partial charge in [0, 0.05) is 18.7 Å². The summed E-state index contributed by atoms with van der Waals surface area (Å²) in [6, 6.07) is 19.7. The quantitative estimate of drug-likeness (QED) is 0.165. The molecule has 13 heteroatoms. The van der Waals surface area contributed by atoms with E-state index >= 15 is 0 Å². The number of sulfonamides is 1. The monoisotopic (exact) mass is 649 g/mol. The number of rotatable bonds is 12. The van der Waals surface area contributed by atoms with Crippen molar-refractivity contribution in [3.05, 3.63) is 82.9 Å². The van der Waals surface area contributed by atoms with Gasteiger partial charge in [0.05, 0.1) is 39.9 Å². The average Bonchev–Trinajstić information content (AvgIpc) is 3.42. The Balaban J connectivity index is 1.44. The number of nitrogens with one attached hydrogen (secondary N) is 3. The van der Waals surface area contributed by atoms with Crippen molar-refractivity contribution in [3.63, 3.8) is 0 Å². The molecule has 0 saturated carbocycles. The number of nitrogens with zero attached hydrogens (tertiary/aromatic N) is 2. The Hall–Kier alpha value is -4.51. The smallest absolute Gasteiger partial charge is 0.407 e. The summed E-state index contributed by atoms with van der Waals surface area (Å²) in [6.45, 7) is 5.57. The maximum atomic E-state index is 13.6. The first-order chi connectivity index (χ1) is 21.3. The van der Waals surface area contributed by atoms with Gasteiger partial charge in [-0.25, -0.2) is 22.9 Å². The molecule has 0 saturated heterocycles. The van der Waals surface area contributed by atoms with Crippen molar-refractivity contribution >= 4 is 49.3 Å². The minimum absolute atomic E-state index is 0.0145. The molecule has 0 aliphatic carbocycles. The molecule has 4 aromatic rings. The van der Waals surface area contributed by atoms with Crippen molar-refractivity contribution in [2.45, 2.75) is 56.6 Å². The van der Waals surface area contributed by atoms with E-state index in [4.69, 9.17) is 14.5 Å². The van der Waals surface area contributed by atoms with E-state index in [1.807, 2.05) is 18.2 Å². The lowest BCUT2D eigenvalue weighted by atomic mass is 10.0. The molecule has 3 aromatic carbocycles. The number of alkyl carbamates (subject to hydrolysis) is 1. The van der Waals surface area contributed by atoms with Gasteiger partial charge < -0.3 is 20.1 Å². The van der Waals surface area contributed by atoms with E-state index in [9.17, 15) is 23.3 Å². The van der Waals surface area contributed by atoms with Crippen LogP contribution in [-0.4, -0.2) is 44.7 Å². The zero-order chi connectivity index (χ0) is 32.6. The third-order valence-corrected chi connectivity index (χ3v) is 9.02. The largest absolute Gasteiger partial charge is 0.497 e. The topological polar surface area (TPSA) is 160 Å². The SMILES string of the molecule is COc1ccc2nc(C(Cc3cccc(C#N)c3)NS(=O)(=O)c3ccc(NC(=O)CCCNC(=O)OC(C)(C)C)cc3)sc2c1. The molecule has 0 spiro atoms. The first-order valence-electron chi connectivity index (χ1n) is 14.2. The number of fused-ring (bicyclic) bond motifs is 1. The van der Waals surface area contributed by atoms with Crippen LogP contribution in [0.25, 0.3) is 10.2 Å².